The third-order valence-corrected chi connectivity index (χ3v) is 6.48. The minimum Gasteiger partial charge on any atom is -0.357 e. The minimum atomic E-state index is -2.85. The van der Waals surface area contributed by atoms with Crippen molar-refractivity contribution >= 4 is 15.8 Å². The lowest BCUT2D eigenvalue weighted by atomic mass is 10.1. The van der Waals surface area contributed by atoms with Gasteiger partial charge in [0.25, 0.3) is 0 Å². The van der Waals surface area contributed by atoms with Crippen molar-refractivity contribution in [1.29, 1.82) is 0 Å². The zero-order valence-corrected chi connectivity index (χ0v) is 16.5. The van der Waals surface area contributed by atoms with Crippen LogP contribution in [0.3, 0.4) is 0 Å². The van der Waals surface area contributed by atoms with Gasteiger partial charge in [-0.05, 0) is 36.5 Å². The van der Waals surface area contributed by atoms with Crippen LogP contribution in [-0.2, 0) is 22.9 Å². The summed E-state index contributed by atoms with van der Waals surface area (Å²) in [4.78, 5) is 4.69. The van der Waals surface area contributed by atoms with Crippen LogP contribution in [0.5, 0.6) is 0 Å². The molecular weight excluding hydrogens is 362 g/mol. The van der Waals surface area contributed by atoms with Gasteiger partial charge in [-0.1, -0.05) is 24.3 Å². The summed E-state index contributed by atoms with van der Waals surface area (Å²) in [5.41, 5.74) is 2.33. The zero-order valence-electron chi connectivity index (χ0n) is 15.6. The fourth-order valence-electron chi connectivity index (χ4n) is 3.21. The Hall–Kier alpha value is -2.35. The van der Waals surface area contributed by atoms with Gasteiger partial charge in [-0.2, -0.15) is 5.10 Å². The van der Waals surface area contributed by atoms with Gasteiger partial charge in [0.2, 0.25) is 0 Å². The fraction of sp³-hybridized carbons (Fsp3) is 0.474. The van der Waals surface area contributed by atoms with Crippen molar-refractivity contribution in [2.45, 2.75) is 26.4 Å². The Morgan fingerprint density at radius 2 is 2.07 bits per heavy atom. The number of nitrogens with one attached hydrogen (secondary N) is 2. The van der Waals surface area contributed by atoms with Gasteiger partial charge >= 0.3 is 0 Å². The number of guanidine groups is 1. The van der Waals surface area contributed by atoms with Gasteiger partial charge in [0.05, 0.1) is 24.6 Å². The van der Waals surface area contributed by atoms with Crippen molar-refractivity contribution in [2.24, 2.45) is 10.9 Å². The highest BCUT2D eigenvalue weighted by Gasteiger charge is 2.27. The lowest BCUT2D eigenvalue weighted by Crippen LogP contribution is -2.40. The Kier molecular flexibility index (Phi) is 6.49. The first-order valence-electron chi connectivity index (χ1n) is 9.32. The number of aromatic nitrogens is 2. The largest absolute Gasteiger partial charge is 0.357 e. The Morgan fingerprint density at radius 1 is 1.26 bits per heavy atom. The molecule has 1 aliphatic rings. The molecule has 1 unspecified atom stereocenters. The molecule has 2 heterocycles. The maximum absolute atomic E-state index is 11.6. The van der Waals surface area contributed by atoms with Gasteiger partial charge in [0.1, 0.15) is 0 Å². The van der Waals surface area contributed by atoms with Gasteiger partial charge in [-0.15, -0.1) is 0 Å². The third-order valence-electron chi connectivity index (χ3n) is 4.65. The van der Waals surface area contributed by atoms with Gasteiger partial charge in [0, 0.05) is 25.5 Å². The molecule has 27 heavy (non-hydrogen) atoms. The molecule has 0 saturated carbocycles. The van der Waals surface area contributed by atoms with Crippen LogP contribution in [0, 0.1) is 5.92 Å². The number of sulfone groups is 1. The monoisotopic (exact) mass is 389 g/mol. The van der Waals surface area contributed by atoms with Gasteiger partial charge in [-0.3, -0.25) is 4.68 Å². The average Bonchev–Trinajstić information content (AvgIpc) is 3.27. The standard InChI is InChI=1S/C19H27N5O2S/c1-2-20-19(21-12-16-8-11-27(25,26)15-16)22-13-17-6-3-4-7-18(17)14-24-10-5-9-23-24/h3-7,9-10,16H,2,8,11-15H2,1H3,(H2,20,21,22). The summed E-state index contributed by atoms with van der Waals surface area (Å²) in [5.74, 6) is 1.45. The highest BCUT2D eigenvalue weighted by molar-refractivity contribution is 7.91. The quantitative estimate of drug-likeness (QED) is 0.552. The molecule has 0 bridgehead atoms. The predicted molar refractivity (Wildman–Crippen MR) is 107 cm³/mol. The molecular formula is C19H27N5O2S. The predicted octanol–water partition coefficient (Wildman–Crippen LogP) is 1.42. The smallest absolute Gasteiger partial charge is 0.191 e. The van der Waals surface area contributed by atoms with Gasteiger partial charge < -0.3 is 10.6 Å². The molecule has 1 atom stereocenters. The average molecular weight is 390 g/mol. The van der Waals surface area contributed by atoms with Crippen LogP contribution in [-0.4, -0.2) is 48.8 Å². The Labute approximate surface area is 160 Å². The Balaban J connectivity index is 1.63. The van der Waals surface area contributed by atoms with Crippen molar-refractivity contribution in [3.63, 3.8) is 0 Å². The Bertz CT molecular complexity index is 862. The summed E-state index contributed by atoms with van der Waals surface area (Å²) in [6.07, 6.45) is 4.44. The number of benzene rings is 1. The lowest BCUT2D eigenvalue weighted by molar-refractivity contribution is 0.567. The van der Waals surface area contributed by atoms with E-state index in [0.29, 0.717) is 25.4 Å². The summed E-state index contributed by atoms with van der Waals surface area (Å²) in [6.45, 7) is 4.66. The van der Waals surface area contributed by atoms with Crippen LogP contribution < -0.4 is 10.6 Å². The third kappa shape index (κ3) is 5.82. The van der Waals surface area contributed by atoms with Crippen LogP contribution in [0.2, 0.25) is 0 Å². The van der Waals surface area contributed by atoms with E-state index in [2.05, 4.69) is 32.9 Å². The fourth-order valence-corrected chi connectivity index (χ4v) is 5.08. The van der Waals surface area contributed by atoms with E-state index < -0.39 is 9.84 Å². The van der Waals surface area contributed by atoms with E-state index in [9.17, 15) is 8.42 Å². The molecule has 0 spiro atoms. The molecule has 146 valence electrons. The van der Waals surface area contributed by atoms with E-state index in [1.165, 1.54) is 5.56 Å². The molecule has 1 saturated heterocycles. The van der Waals surface area contributed by atoms with Crippen LogP contribution in [0.25, 0.3) is 0 Å². The lowest BCUT2D eigenvalue weighted by Gasteiger charge is -2.15. The molecule has 2 N–H and O–H groups in total. The SMILES string of the molecule is CCNC(=NCc1ccccc1Cn1cccn1)NCC1CCS(=O)(=O)C1. The normalized spacial score (nSPS) is 19.1. The van der Waals surface area contributed by atoms with Crippen LogP contribution in [0.1, 0.15) is 24.5 Å². The topological polar surface area (TPSA) is 88.4 Å². The summed E-state index contributed by atoms with van der Waals surface area (Å²) in [5, 5.41) is 10.8. The number of aliphatic imine (C=N–C) groups is 1. The highest BCUT2D eigenvalue weighted by Crippen LogP contribution is 2.17. The molecule has 7 nitrogen and oxygen atoms in total. The Morgan fingerprint density at radius 3 is 2.74 bits per heavy atom. The molecule has 1 aromatic carbocycles. The second-order valence-corrected chi connectivity index (χ2v) is 9.05. The summed E-state index contributed by atoms with van der Waals surface area (Å²) in [6, 6.07) is 10.1. The van der Waals surface area contributed by atoms with Crippen molar-refractivity contribution in [3.05, 3.63) is 53.9 Å². The highest BCUT2D eigenvalue weighted by atomic mass is 32.2. The second kappa shape index (κ2) is 9.03. The molecule has 1 aromatic heterocycles. The molecule has 2 aromatic rings. The zero-order chi connectivity index (χ0) is 19.1. The van der Waals surface area contributed by atoms with Crippen molar-refractivity contribution in [1.82, 2.24) is 20.4 Å². The van der Waals surface area contributed by atoms with E-state index in [1.807, 2.05) is 36.0 Å². The molecule has 3 rings (SSSR count). The van der Waals surface area contributed by atoms with Crippen LogP contribution >= 0.6 is 0 Å². The first-order chi connectivity index (χ1) is 13.1. The minimum absolute atomic E-state index is 0.158. The maximum Gasteiger partial charge on any atom is 0.191 e. The molecule has 8 heteroatoms. The van der Waals surface area contributed by atoms with E-state index in [-0.39, 0.29) is 11.7 Å². The summed E-state index contributed by atoms with van der Waals surface area (Å²) in [7, 11) is -2.85. The molecule has 0 amide bonds. The van der Waals surface area contributed by atoms with E-state index >= 15 is 0 Å². The number of hydrogen-bond acceptors (Lipinski definition) is 4. The van der Waals surface area contributed by atoms with E-state index in [0.717, 1.165) is 24.5 Å². The van der Waals surface area contributed by atoms with Crippen LogP contribution in [0.4, 0.5) is 0 Å². The molecule has 1 fully saturated rings. The van der Waals surface area contributed by atoms with E-state index in [1.54, 1.807) is 6.20 Å². The van der Waals surface area contributed by atoms with Crippen molar-refractivity contribution in [3.8, 4) is 0 Å². The van der Waals surface area contributed by atoms with Gasteiger partial charge in [-0.25, -0.2) is 13.4 Å². The maximum atomic E-state index is 11.6. The number of rotatable bonds is 7. The van der Waals surface area contributed by atoms with Gasteiger partial charge in [0.15, 0.2) is 15.8 Å². The van der Waals surface area contributed by atoms with E-state index in [4.69, 9.17) is 0 Å². The number of hydrogen-bond donors (Lipinski definition) is 2. The summed E-state index contributed by atoms with van der Waals surface area (Å²) < 4.78 is 25.1. The van der Waals surface area contributed by atoms with Crippen molar-refractivity contribution < 1.29 is 8.42 Å². The molecule has 0 radical (unpaired) electrons. The first-order valence-corrected chi connectivity index (χ1v) is 11.1. The van der Waals surface area contributed by atoms with Crippen molar-refractivity contribution in [2.75, 3.05) is 24.6 Å². The summed E-state index contributed by atoms with van der Waals surface area (Å²) >= 11 is 0. The molecule has 1 aliphatic heterocycles. The van der Waals surface area contributed by atoms with Crippen LogP contribution in [0.15, 0.2) is 47.7 Å². The first kappa shape index (κ1) is 19.4. The second-order valence-electron chi connectivity index (χ2n) is 6.82. The molecule has 0 aliphatic carbocycles. The number of nitrogens with zero attached hydrogens (tertiary/aromatic N) is 3.